The first-order chi connectivity index (χ1) is 14.7. The van der Waals surface area contributed by atoms with Crippen LogP contribution in [0.2, 0.25) is 0 Å². The van der Waals surface area contributed by atoms with Crippen LogP contribution in [0.25, 0.3) is 10.9 Å². The average Bonchev–Trinajstić information content (AvgIpc) is 3.12. The maximum Gasteiger partial charge on any atom is 0.469 e. The van der Waals surface area contributed by atoms with E-state index in [9.17, 15) is 14.5 Å². The number of rotatable bonds is 8. The lowest BCUT2D eigenvalue weighted by molar-refractivity contribution is -0.403. The summed E-state index contributed by atoms with van der Waals surface area (Å²) in [6.45, 7) is 1.05. The van der Waals surface area contributed by atoms with Crippen LogP contribution >= 0.6 is 7.82 Å². The van der Waals surface area contributed by atoms with Gasteiger partial charge in [-0.2, -0.15) is 5.10 Å². The van der Waals surface area contributed by atoms with Crippen LogP contribution in [0.3, 0.4) is 0 Å². The number of H-pyrrole nitrogens is 1. The highest BCUT2D eigenvalue weighted by Gasteiger charge is 2.20. The summed E-state index contributed by atoms with van der Waals surface area (Å²) >= 11 is 0. The molecule has 3 aromatic rings. The van der Waals surface area contributed by atoms with E-state index in [2.05, 4.69) is 30.8 Å². The smallest absolute Gasteiger partial charge is 0.469 e. The molecule has 0 aliphatic carbocycles. The van der Waals surface area contributed by atoms with Crippen LogP contribution in [0, 0.1) is 6.92 Å². The lowest BCUT2D eigenvalue weighted by atomic mass is 10.1. The zero-order valence-electron chi connectivity index (χ0n) is 16.6. The second-order valence-electron chi connectivity index (χ2n) is 6.89. The van der Waals surface area contributed by atoms with Crippen LogP contribution in [0.1, 0.15) is 22.4 Å². The Morgan fingerprint density at radius 2 is 2.13 bits per heavy atom. The molecule has 1 atom stereocenters. The van der Waals surface area contributed by atoms with Crippen LogP contribution in [0.4, 0.5) is 0 Å². The van der Waals surface area contributed by atoms with Gasteiger partial charge in [-0.3, -0.25) is 14.3 Å². The number of aromatic amines is 1. The summed E-state index contributed by atoms with van der Waals surface area (Å²) in [6.07, 6.45) is 4.70. The van der Waals surface area contributed by atoms with E-state index >= 15 is 0 Å². The highest BCUT2D eigenvalue weighted by Crippen LogP contribution is 2.37. The van der Waals surface area contributed by atoms with Crippen molar-refractivity contribution in [2.45, 2.75) is 26.0 Å². The van der Waals surface area contributed by atoms with E-state index in [4.69, 9.17) is 9.79 Å². The Balaban J connectivity index is 1.68. The highest BCUT2D eigenvalue weighted by atomic mass is 31.2. The lowest BCUT2D eigenvalue weighted by Crippen LogP contribution is -2.68. The summed E-state index contributed by atoms with van der Waals surface area (Å²) < 4.78 is 15.4. The summed E-state index contributed by atoms with van der Waals surface area (Å²) in [6, 6.07) is 7.11. The molecule has 0 aliphatic rings. The summed E-state index contributed by atoms with van der Waals surface area (Å²) in [5.74, 6) is -0.672. The lowest BCUT2D eigenvalue weighted by Gasteiger charge is -2.11. The number of carbonyl (C=O) groups is 1. The molecule has 164 valence electrons. The number of hydrazone groups is 1. The van der Waals surface area contributed by atoms with E-state index in [1.807, 2.05) is 30.5 Å². The van der Waals surface area contributed by atoms with Gasteiger partial charge >= 0.3 is 7.82 Å². The van der Waals surface area contributed by atoms with Crippen molar-refractivity contribution in [1.82, 2.24) is 15.4 Å². The minimum atomic E-state index is -4.71. The average molecular weight is 448 g/mol. The van der Waals surface area contributed by atoms with Crippen molar-refractivity contribution in [3.63, 3.8) is 0 Å². The first-order valence-electron chi connectivity index (χ1n) is 9.24. The minimum Gasteiger partial charge on any atom is -0.505 e. The fourth-order valence-corrected chi connectivity index (χ4v) is 3.28. The number of fused-ring (bicyclic) bond motifs is 1. The highest BCUT2D eigenvalue weighted by molar-refractivity contribution is 7.46. The normalized spacial score (nSPS) is 13.0. The van der Waals surface area contributed by atoms with Crippen molar-refractivity contribution in [2.75, 3.05) is 0 Å². The maximum atomic E-state index is 12.4. The SMILES string of the molecule is Cc1ncc(COP(=O)(O)O)c(/C=N/NC(=O)[C@@H]([NH3+])Cc2c[nH]c3ccccc23)c1O. The minimum absolute atomic E-state index is 0.124. The van der Waals surface area contributed by atoms with Crippen LogP contribution in [-0.4, -0.2) is 43.0 Å². The van der Waals surface area contributed by atoms with Gasteiger partial charge in [-0.15, -0.1) is 0 Å². The molecule has 2 aromatic heterocycles. The summed E-state index contributed by atoms with van der Waals surface area (Å²) in [4.78, 5) is 37.2. The van der Waals surface area contributed by atoms with Crippen molar-refractivity contribution in [3.8, 4) is 5.75 Å². The van der Waals surface area contributed by atoms with Gasteiger partial charge in [-0.25, -0.2) is 9.99 Å². The van der Waals surface area contributed by atoms with Crippen LogP contribution in [0.15, 0.2) is 41.8 Å². The number of para-hydroxylation sites is 1. The third-order valence-corrected chi connectivity index (χ3v) is 5.09. The molecule has 31 heavy (non-hydrogen) atoms. The molecule has 0 bridgehead atoms. The number of aromatic nitrogens is 2. The number of quaternary nitrogens is 1. The van der Waals surface area contributed by atoms with Gasteiger partial charge in [0.25, 0.3) is 5.91 Å². The Morgan fingerprint density at radius 1 is 1.39 bits per heavy atom. The van der Waals surface area contributed by atoms with Gasteiger partial charge in [0.15, 0.2) is 6.04 Å². The zero-order chi connectivity index (χ0) is 22.6. The van der Waals surface area contributed by atoms with Crippen molar-refractivity contribution >= 4 is 30.8 Å². The molecule has 3 rings (SSSR count). The van der Waals surface area contributed by atoms with E-state index in [1.54, 1.807) is 6.92 Å². The van der Waals surface area contributed by atoms with Crippen LogP contribution in [-0.2, 0) is 26.9 Å². The van der Waals surface area contributed by atoms with E-state index in [0.29, 0.717) is 6.42 Å². The molecule has 11 nitrogen and oxygen atoms in total. The van der Waals surface area contributed by atoms with Crippen LogP contribution in [0.5, 0.6) is 5.75 Å². The number of hydrogen-bond acceptors (Lipinski definition) is 6. The van der Waals surface area contributed by atoms with Crippen molar-refractivity contribution in [3.05, 3.63) is 59.0 Å². The zero-order valence-corrected chi connectivity index (χ0v) is 17.5. The number of aryl methyl sites for hydroxylation is 1. The van der Waals surface area contributed by atoms with E-state index in [-0.39, 0.29) is 22.6 Å². The largest absolute Gasteiger partial charge is 0.505 e. The van der Waals surface area contributed by atoms with Crippen LogP contribution < -0.4 is 11.2 Å². The first-order valence-corrected chi connectivity index (χ1v) is 10.8. The molecule has 0 radical (unpaired) electrons. The quantitative estimate of drug-likeness (QED) is 0.164. The molecular weight excluding hydrogens is 425 g/mol. The van der Waals surface area contributed by atoms with Gasteiger partial charge < -0.3 is 25.6 Å². The predicted molar refractivity (Wildman–Crippen MR) is 112 cm³/mol. The van der Waals surface area contributed by atoms with Gasteiger partial charge in [-0.1, -0.05) is 18.2 Å². The number of phosphoric ester groups is 1. The first kappa shape index (κ1) is 22.6. The number of carbonyl (C=O) groups excluding carboxylic acids is 1. The Hall–Kier alpha value is -3.08. The van der Waals surface area contributed by atoms with E-state index < -0.39 is 26.4 Å². The molecule has 1 amide bonds. The van der Waals surface area contributed by atoms with Gasteiger partial charge in [0, 0.05) is 40.8 Å². The molecule has 0 spiro atoms. The topological polar surface area (TPSA) is 185 Å². The number of benzene rings is 1. The molecule has 12 heteroatoms. The number of nitrogens with zero attached hydrogens (tertiary/aromatic N) is 2. The number of phosphoric acid groups is 1. The third kappa shape index (κ3) is 5.75. The molecule has 0 saturated carbocycles. The van der Waals surface area contributed by atoms with Gasteiger partial charge in [-0.05, 0) is 18.6 Å². The Bertz CT molecular complexity index is 1170. The molecule has 0 unspecified atom stereocenters. The van der Waals surface area contributed by atoms with E-state index in [0.717, 1.165) is 16.5 Å². The molecule has 0 fully saturated rings. The van der Waals surface area contributed by atoms with E-state index in [1.165, 1.54) is 12.4 Å². The van der Waals surface area contributed by atoms with Gasteiger partial charge in [0.1, 0.15) is 5.75 Å². The maximum absolute atomic E-state index is 12.4. The standard InChI is InChI=1S/C19H22N5O6P/c1-11-18(25)15(13(8-21-11)10-30-31(27,28)29)9-23-24-19(26)16(20)6-12-7-22-17-5-3-2-4-14(12)17/h2-5,7-9,16,22,25H,6,10,20H2,1H3,(H,24,26)(H2,27,28,29)/p+1/b23-9+/t16-/m0/s1. The second kappa shape index (κ2) is 9.38. The van der Waals surface area contributed by atoms with Crippen molar-refractivity contribution < 1.29 is 34.5 Å². The van der Waals surface area contributed by atoms with Crippen molar-refractivity contribution in [2.24, 2.45) is 5.10 Å². The number of amides is 1. The fraction of sp³-hybridized carbons (Fsp3) is 0.211. The molecule has 1 aromatic carbocycles. The third-order valence-electron chi connectivity index (χ3n) is 4.63. The summed E-state index contributed by atoms with van der Waals surface area (Å²) in [5, 5.41) is 15.1. The Kier molecular flexibility index (Phi) is 6.84. The number of aromatic hydroxyl groups is 1. The number of pyridine rings is 1. The monoisotopic (exact) mass is 448 g/mol. The molecule has 8 N–H and O–H groups in total. The van der Waals surface area contributed by atoms with Gasteiger partial charge in [0.05, 0.1) is 18.5 Å². The Morgan fingerprint density at radius 3 is 2.87 bits per heavy atom. The Labute approximate surface area is 177 Å². The second-order valence-corrected chi connectivity index (χ2v) is 8.13. The number of hydrogen-bond donors (Lipinski definition) is 6. The molecule has 0 aliphatic heterocycles. The predicted octanol–water partition coefficient (Wildman–Crippen LogP) is 0.490. The van der Waals surface area contributed by atoms with Crippen molar-refractivity contribution in [1.29, 1.82) is 0 Å². The molecule has 2 heterocycles. The summed E-state index contributed by atoms with van der Waals surface area (Å²) in [7, 11) is -4.71. The fourth-order valence-electron chi connectivity index (χ4n) is 2.98. The molecular formula is C19H23N5O6P+. The molecule has 0 saturated heterocycles. The summed E-state index contributed by atoms with van der Waals surface area (Å²) in [5.41, 5.74) is 8.77. The van der Waals surface area contributed by atoms with Gasteiger partial charge in [0.2, 0.25) is 0 Å². The number of nitrogens with one attached hydrogen (secondary N) is 2.